The molecule has 0 atom stereocenters. The van der Waals surface area contributed by atoms with Crippen LogP contribution in [0.15, 0.2) is 72.8 Å². The normalized spacial score (nSPS) is 12.8. The highest BCUT2D eigenvalue weighted by Gasteiger charge is 2.31. The van der Waals surface area contributed by atoms with Gasteiger partial charge < -0.3 is 23.8 Å². The van der Waals surface area contributed by atoms with Crippen LogP contribution in [0.5, 0.6) is 23.0 Å². The molecule has 3 aromatic rings. The Kier molecular flexibility index (Phi) is 7.53. The van der Waals surface area contributed by atoms with Crippen LogP contribution in [-0.4, -0.2) is 31.3 Å². The first-order chi connectivity index (χ1) is 17.3. The fourth-order valence-corrected chi connectivity index (χ4v) is 4.04. The number of anilines is 2. The summed E-state index contributed by atoms with van der Waals surface area (Å²) in [6.45, 7) is 11.0. The smallest absolute Gasteiger partial charge is 0.349 e. The SMILES string of the molecule is CCOC(=O)C(C)(C)Oc1ccc(OCC=C(C)c2ccc3c(c2)N(CC)c2ccccc2O3)cc1. The molecule has 188 valence electrons. The first-order valence-electron chi connectivity index (χ1n) is 12.3. The molecule has 3 aromatic carbocycles. The Bertz CT molecular complexity index is 1250. The zero-order chi connectivity index (χ0) is 25.7. The maximum absolute atomic E-state index is 12.0. The predicted molar refractivity (Wildman–Crippen MR) is 143 cm³/mol. The number of fused-ring (bicyclic) bond motifs is 2. The first-order valence-corrected chi connectivity index (χ1v) is 12.3. The van der Waals surface area contributed by atoms with Gasteiger partial charge in [0.05, 0.1) is 18.0 Å². The molecule has 36 heavy (non-hydrogen) atoms. The van der Waals surface area contributed by atoms with Crippen molar-refractivity contribution in [3.05, 3.63) is 78.4 Å². The third-order valence-corrected chi connectivity index (χ3v) is 6.00. The molecule has 0 saturated heterocycles. The summed E-state index contributed by atoms with van der Waals surface area (Å²) in [6.07, 6.45) is 2.06. The molecule has 0 bridgehead atoms. The molecule has 4 rings (SSSR count). The van der Waals surface area contributed by atoms with Crippen LogP contribution >= 0.6 is 0 Å². The van der Waals surface area contributed by atoms with Crippen LogP contribution in [0.1, 0.15) is 40.2 Å². The number of nitrogens with zero attached hydrogens (tertiary/aromatic N) is 1. The van der Waals surface area contributed by atoms with Crippen molar-refractivity contribution in [2.45, 2.75) is 40.2 Å². The molecule has 0 spiro atoms. The summed E-state index contributed by atoms with van der Waals surface area (Å²) >= 11 is 0. The Hall–Kier alpha value is -3.93. The van der Waals surface area contributed by atoms with Gasteiger partial charge in [-0.25, -0.2) is 4.79 Å². The van der Waals surface area contributed by atoms with Crippen LogP contribution in [0, 0.1) is 0 Å². The van der Waals surface area contributed by atoms with Gasteiger partial charge in [-0.2, -0.15) is 0 Å². The average Bonchev–Trinajstić information content (AvgIpc) is 2.87. The van der Waals surface area contributed by atoms with Gasteiger partial charge in [-0.15, -0.1) is 0 Å². The highest BCUT2D eigenvalue weighted by atomic mass is 16.6. The Morgan fingerprint density at radius 3 is 2.36 bits per heavy atom. The molecule has 0 N–H and O–H groups in total. The molecule has 0 radical (unpaired) electrons. The quantitative estimate of drug-likeness (QED) is 0.299. The monoisotopic (exact) mass is 487 g/mol. The number of benzene rings is 3. The summed E-state index contributed by atoms with van der Waals surface area (Å²) in [4.78, 5) is 14.3. The van der Waals surface area contributed by atoms with Crippen molar-refractivity contribution in [2.75, 3.05) is 24.7 Å². The minimum absolute atomic E-state index is 0.315. The zero-order valence-corrected chi connectivity index (χ0v) is 21.5. The summed E-state index contributed by atoms with van der Waals surface area (Å²) in [5, 5.41) is 0. The topological polar surface area (TPSA) is 57.2 Å². The third kappa shape index (κ3) is 5.48. The predicted octanol–water partition coefficient (Wildman–Crippen LogP) is 7.15. The molecular formula is C30H33NO5. The lowest BCUT2D eigenvalue weighted by Crippen LogP contribution is -2.39. The van der Waals surface area contributed by atoms with Crippen LogP contribution < -0.4 is 19.1 Å². The van der Waals surface area contributed by atoms with Gasteiger partial charge in [-0.3, -0.25) is 0 Å². The molecule has 0 amide bonds. The third-order valence-electron chi connectivity index (χ3n) is 6.00. The van der Waals surface area contributed by atoms with Gasteiger partial charge in [0.1, 0.15) is 18.1 Å². The van der Waals surface area contributed by atoms with E-state index in [-0.39, 0.29) is 0 Å². The van der Waals surface area contributed by atoms with E-state index in [1.54, 1.807) is 32.9 Å². The van der Waals surface area contributed by atoms with E-state index >= 15 is 0 Å². The average molecular weight is 488 g/mol. The lowest BCUT2D eigenvalue weighted by Gasteiger charge is -2.32. The molecule has 6 heteroatoms. The van der Waals surface area contributed by atoms with Gasteiger partial charge in [0, 0.05) is 6.54 Å². The fraction of sp³-hybridized carbons (Fsp3) is 0.300. The maximum atomic E-state index is 12.0. The van der Waals surface area contributed by atoms with Crippen LogP contribution in [0.2, 0.25) is 0 Å². The van der Waals surface area contributed by atoms with Crippen LogP contribution in [-0.2, 0) is 9.53 Å². The second-order valence-corrected chi connectivity index (χ2v) is 9.00. The second kappa shape index (κ2) is 10.8. The fourth-order valence-electron chi connectivity index (χ4n) is 4.04. The number of allylic oxidation sites excluding steroid dienone is 1. The molecule has 1 aliphatic rings. The van der Waals surface area contributed by atoms with E-state index in [1.807, 2.05) is 36.4 Å². The van der Waals surface area contributed by atoms with Crippen molar-refractivity contribution in [2.24, 2.45) is 0 Å². The minimum atomic E-state index is -1.06. The second-order valence-electron chi connectivity index (χ2n) is 9.00. The number of carbonyl (C=O) groups is 1. The molecule has 0 aliphatic carbocycles. The van der Waals surface area contributed by atoms with Gasteiger partial charge in [-0.05, 0) is 100 Å². The standard InChI is InChI=1S/C30H33NO5/c1-6-31-25-10-8-9-11-27(25)35-28-17-12-22(20-26(28)31)21(3)18-19-34-23-13-15-24(16-14-23)36-30(4,5)29(32)33-7-2/h8-18,20H,6-7,19H2,1-5H3. The van der Waals surface area contributed by atoms with Gasteiger partial charge in [-0.1, -0.05) is 18.2 Å². The highest BCUT2D eigenvalue weighted by Crippen LogP contribution is 2.47. The Balaban J connectivity index is 1.39. The number of hydrogen-bond donors (Lipinski definition) is 0. The Morgan fingerprint density at radius 2 is 1.64 bits per heavy atom. The molecule has 0 saturated carbocycles. The maximum Gasteiger partial charge on any atom is 0.349 e. The van der Waals surface area contributed by atoms with Crippen LogP contribution in [0.3, 0.4) is 0 Å². The van der Waals surface area contributed by atoms with Crippen molar-refractivity contribution in [3.8, 4) is 23.0 Å². The zero-order valence-electron chi connectivity index (χ0n) is 21.5. The lowest BCUT2D eigenvalue weighted by molar-refractivity contribution is -0.158. The van der Waals surface area contributed by atoms with Crippen molar-refractivity contribution < 1.29 is 23.7 Å². The molecule has 0 unspecified atom stereocenters. The number of rotatable bonds is 9. The van der Waals surface area contributed by atoms with Crippen molar-refractivity contribution in [1.82, 2.24) is 0 Å². The van der Waals surface area contributed by atoms with Crippen LogP contribution in [0.25, 0.3) is 5.57 Å². The van der Waals surface area contributed by atoms with E-state index in [4.69, 9.17) is 18.9 Å². The van der Waals surface area contributed by atoms with Gasteiger partial charge in [0.2, 0.25) is 0 Å². The van der Waals surface area contributed by atoms with E-state index in [0.29, 0.717) is 24.7 Å². The number of carbonyl (C=O) groups excluding carboxylic acids is 1. The molecule has 0 fully saturated rings. The van der Waals surface area contributed by atoms with Gasteiger partial charge in [0.25, 0.3) is 0 Å². The van der Waals surface area contributed by atoms with Crippen molar-refractivity contribution in [1.29, 1.82) is 0 Å². The minimum Gasteiger partial charge on any atom is -0.490 e. The number of ether oxygens (including phenoxy) is 4. The molecule has 6 nitrogen and oxygen atoms in total. The van der Waals surface area contributed by atoms with Crippen molar-refractivity contribution >= 4 is 22.9 Å². The number of hydrogen-bond acceptors (Lipinski definition) is 6. The first kappa shape index (κ1) is 25.2. The van der Waals surface area contributed by atoms with Crippen LogP contribution in [0.4, 0.5) is 11.4 Å². The Morgan fingerprint density at radius 1 is 0.944 bits per heavy atom. The summed E-state index contributed by atoms with van der Waals surface area (Å²) < 4.78 is 22.9. The summed E-state index contributed by atoms with van der Waals surface area (Å²) in [7, 11) is 0. The molecule has 1 heterocycles. The van der Waals surface area contributed by atoms with E-state index in [2.05, 4.69) is 43.0 Å². The van der Waals surface area contributed by atoms with E-state index in [0.717, 1.165) is 40.6 Å². The molecule has 1 aliphatic heterocycles. The summed E-state index contributed by atoms with van der Waals surface area (Å²) in [6, 6.07) is 21.6. The number of esters is 1. The summed E-state index contributed by atoms with van der Waals surface area (Å²) in [5.74, 6) is 2.63. The van der Waals surface area contributed by atoms with Gasteiger partial charge >= 0.3 is 5.97 Å². The van der Waals surface area contributed by atoms with Crippen molar-refractivity contribution in [3.63, 3.8) is 0 Å². The Labute approximate surface area is 213 Å². The molecule has 0 aromatic heterocycles. The number of para-hydroxylation sites is 2. The summed E-state index contributed by atoms with van der Waals surface area (Å²) in [5.41, 5.74) is 3.30. The van der Waals surface area contributed by atoms with Gasteiger partial charge in [0.15, 0.2) is 17.1 Å². The van der Waals surface area contributed by atoms with E-state index in [1.165, 1.54) is 0 Å². The molecular weight excluding hydrogens is 454 g/mol. The van der Waals surface area contributed by atoms with E-state index < -0.39 is 11.6 Å². The van der Waals surface area contributed by atoms with E-state index in [9.17, 15) is 4.79 Å². The largest absolute Gasteiger partial charge is 0.490 e. The lowest BCUT2D eigenvalue weighted by atomic mass is 10.0. The highest BCUT2D eigenvalue weighted by molar-refractivity contribution is 5.81.